The summed E-state index contributed by atoms with van der Waals surface area (Å²) < 4.78 is 52.3. The molecule has 0 amide bonds. The van der Waals surface area contributed by atoms with Crippen LogP contribution in [0.5, 0.6) is 23.1 Å². The highest BCUT2D eigenvalue weighted by Gasteiger charge is 2.21. The van der Waals surface area contributed by atoms with E-state index in [0.717, 1.165) is 40.8 Å². The molecule has 11 nitrogen and oxygen atoms in total. The predicted molar refractivity (Wildman–Crippen MR) is 152 cm³/mol. The molecule has 0 radical (unpaired) electrons. The van der Waals surface area contributed by atoms with E-state index in [1.54, 1.807) is 31.4 Å². The number of rotatable bonds is 11. The molecule has 4 aromatic rings. The number of hydrogen-bond donors (Lipinski definition) is 1. The lowest BCUT2D eigenvalue weighted by Gasteiger charge is -2.20. The molecule has 2 aromatic carbocycles. The molecular formula is C29H30N4O7S. The zero-order valence-electron chi connectivity index (χ0n) is 23.1. The Morgan fingerprint density at radius 2 is 1.54 bits per heavy atom. The minimum Gasteiger partial charge on any atom is -0.493 e. The Morgan fingerprint density at radius 3 is 2.22 bits per heavy atom. The summed E-state index contributed by atoms with van der Waals surface area (Å²) in [6, 6.07) is 11.7. The summed E-state index contributed by atoms with van der Waals surface area (Å²) in [5.41, 5.74) is 5.49. The monoisotopic (exact) mass is 578 g/mol. The molecule has 1 aliphatic carbocycles. The van der Waals surface area contributed by atoms with Crippen LogP contribution < -0.4 is 24.3 Å². The Labute approximate surface area is 238 Å². The smallest absolute Gasteiger partial charge is 0.297 e. The molecule has 0 saturated heterocycles. The van der Waals surface area contributed by atoms with Gasteiger partial charge in [-0.25, -0.2) is 15.0 Å². The number of nitrogens with one attached hydrogen (secondary N) is 1. The van der Waals surface area contributed by atoms with Gasteiger partial charge in [0.15, 0.2) is 11.5 Å². The van der Waals surface area contributed by atoms with Crippen molar-refractivity contribution >= 4 is 21.8 Å². The van der Waals surface area contributed by atoms with E-state index >= 15 is 0 Å². The normalized spacial score (nSPS) is 12.2. The largest absolute Gasteiger partial charge is 0.493 e. The molecule has 2 heterocycles. The van der Waals surface area contributed by atoms with E-state index in [1.165, 1.54) is 26.4 Å². The maximum Gasteiger partial charge on any atom is 0.297 e. The van der Waals surface area contributed by atoms with Crippen molar-refractivity contribution in [1.29, 1.82) is 0 Å². The number of hydrogen-bond acceptors (Lipinski definition) is 11. The first kappa shape index (κ1) is 28.1. The van der Waals surface area contributed by atoms with Crippen LogP contribution in [0.4, 0.5) is 11.6 Å². The predicted octanol–water partition coefficient (Wildman–Crippen LogP) is 4.50. The Morgan fingerprint density at radius 1 is 0.854 bits per heavy atom. The molecule has 12 heteroatoms. The summed E-state index contributed by atoms with van der Waals surface area (Å²) in [5, 5.41) is 3.21. The zero-order valence-corrected chi connectivity index (χ0v) is 23.9. The molecule has 0 spiro atoms. The lowest BCUT2D eigenvalue weighted by molar-refractivity contribution is 0.208. The lowest BCUT2D eigenvalue weighted by atomic mass is 9.91. The van der Waals surface area contributed by atoms with Gasteiger partial charge in [-0.3, -0.25) is 4.18 Å². The number of pyridine rings is 1. The van der Waals surface area contributed by atoms with Crippen LogP contribution in [0.2, 0.25) is 0 Å². The van der Waals surface area contributed by atoms with Gasteiger partial charge >= 0.3 is 0 Å². The van der Waals surface area contributed by atoms with Crippen LogP contribution in [0, 0.1) is 6.92 Å². The highest BCUT2D eigenvalue weighted by molar-refractivity contribution is 7.86. The van der Waals surface area contributed by atoms with Gasteiger partial charge < -0.3 is 24.3 Å². The molecule has 0 unspecified atom stereocenters. The number of methoxy groups -OCH3 is 3. The Hall–Kier alpha value is -4.42. The molecule has 2 aromatic heterocycles. The Kier molecular flexibility index (Phi) is 8.22. The van der Waals surface area contributed by atoms with Crippen molar-refractivity contribution in [1.82, 2.24) is 15.0 Å². The molecule has 0 aliphatic heterocycles. The minimum atomic E-state index is -3.91. The maximum atomic E-state index is 12.5. The van der Waals surface area contributed by atoms with Crippen LogP contribution >= 0.6 is 0 Å². The fraction of sp³-hybridized carbons (Fsp3) is 0.276. The molecule has 0 bridgehead atoms. The van der Waals surface area contributed by atoms with Gasteiger partial charge in [0, 0.05) is 41.8 Å². The fourth-order valence-electron chi connectivity index (χ4n) is 4.43. The number of anilines is 2. The second-order valence-corrected chi connectivity index (χ2v) is 10.8. The van der Waals surface area contributed by atoms with E-state index in [1.807, 2.05) is 25.4 Å². The summed E-state index contributed by atoms with van der Waals surface area (Å²) in [7, 11) is 0.668. The highest BCUT2D eigenvalue weighted by Crippen LogP contribution is 2.41. The Bertz CT molecular complexity index is 1640. The van der Waals surface area contributed by atoms with Gasteiger partial charge in [-0.2, -0.15) is 8.42 Å². The number of aromatic nitrogens is 3. The van der Waals surface area contributed by atoms with E-state index in [0.29, 0.717) is 34.8 Å². The quantitative estimate of drug-likeness (QED) is 0.199. The molecule has 214 valence electrons. The van der Waals surface area contributed by atoms with Crippen molar-refractivity contribution in [2.45, 2.75) is 24.7 Å². The lowest BCUT2D eigenvalue weighted by Crippen LogP contribution is -2.13. The summed E-state index contributed by atoms with van der Waals surface area (Å²) in [5.74, 6) is 1.95. The fourth-order valence-corrected chi connectivity index (χ4v) is 5.33. The van der Waals surface area contributed by atoms with E-state index in [9.17, 15) is 8.42 Å². The number of fused-ring (bicyclic) bond motifs is 3. The average molecular weight is 579 g/mol. The third-order valence-electron chi connectivity index (χ3n) is 6.55. The first-order valence-electron chi connectivity index (χ1n) is 12.8. The standard InChI is InChI=1S/C29H30N4O7S/c1-18-5-9-22(10-6-18)41(34,35)40-12-11-39-28-24(36-2)13-21(14-25(28)37-3)32-29-31-17-20-8-7-19-16-30-26(38-4)15-23(19)27(20)33-29/h5-6,9-10,13-17H,7-8,11-12H2,1-4H3,(H,31,32,33). The highest BCUT2D eigenvalue weighted by atomic mass is 32.2. The van der Waals surface area contributed by atoms with Gasteiger partial charge in [0.25, 0.3) is 10.1 Å². The number of ether oxygens (including phenoxy) is 4. The third kappa shape index (κ3) is 6.18. The molecule has 0 saturated carbocycles. The van der Waals surface area contributed by atoms with Gasteiger partial charge in [0.2, 0.25) is 17.6 Å². The van der Waals surface area contributed by atoms with Crippen molar-refractivity contribution in [3.8, 4) is 34.4 Å². The molecular weight excluding hydrogens is 548 g/mol. The topological polar surface area (TPSA) is 131 Å². The SMILES string of the molecule is COc1cc2c(cn1)CCc1cnc(Nc3cc(OC)c(OCCOS(=O)(=O)c4ccc(C)cc4)c(OC)c3)nc1-2. The van der Waals surface area contributed by atoms with Gasteiger partial charge in [-0.05, 0) is 43.0 Å². The van der Waals surface area contributed by atoms with Crippen LogP contribution in [0.15, 0.2) is 59.8 Å². The van der Waals surface area contributed by atoms with Crippen molar-refractivity contribution in [3.63, 3.8) is 0 Å². The van der Waals surface area contributed by atoms with Crippen LogP contribution in [-0.4, -0.2) is 57.9 Å². The van der Waals surface area contributed by atoms with Crippen molar-refractivity contribution < 1.29 is 31.5 Å². The van der Waals surface area contributed by atoms with Crippen LogP contribution in [0.3, 0.4) is 0 Å². The van der Waals surface area contributed by atoms with E-state index in [4.69, 9.17) is 28.1 Å². The minimum absolute atomic E-state index is 0.0593. The summed E-state index contributed by atoms with van der Waals surface area (Å²) in [6.07, 6.45) is 5.31. The molecule has 0 fully saturated rings. The van der Waals surface area contributed by atoms with E-state index in [2.05, 4.69) is 15.3 Å². The van der Waals surface area contributed by atoms with Crippen molar-refractivity contribution in [3.05, 3.63) is 71.5 Å². The average Bonchev–Trinajstić information content (AvgIpc) is 2.99. The number of benzene rings is 2. The van der Waals surface area contributed by atoms with Gasteiger partial charge in [0.1, 0.15) is 13.2 Å². The maximum absolute atomic E-state index is 12.5. The van der Waals surface area contributed by atoms with Gasteiger partial charge in [-0.1, -0.05) is 17.7 Å². The second kappa shape index (κ2) is 12.0. The van der Waals surface area contributed by atoms with Crippen molar-refractivity contribution in [2.24, 2.45) is 0 Å². The zero-order chi connectivity index (χ0) is 29.0. The van der Waals surface area contributed by atoms with Crippen LogP contribution in [-0.2, 0) is 27.1 Å². The molecule has 5 rings (SSSR count). The molecule has 0 atom stereocenters. The van der Waals surface area contributed by atoms with Crippen LogP contribution in [0.25, 0.3) is 11.3 Å². The molecule has 1 N–H and O–H groups in total. The second-order valence-electron chi connectivity index (χ2n) is 9.22. The number of aryl methyl sites for hydroxylation is 3. The Balaban J connectivity index is 1.31. The van der Waals surface area contributed by atoms with Gasteiger partial charge in [0.05, 0.1) is 31.9 Å². The number of nitrogens with zero attached hydrogens (tertiary/aromatic N) is 3. The summed E-state index contributed by atoms with van der Waals surface area (Å²) in [6.45, 7) is 1.62. The third-order valence-corrected chi connectivity index (χ3v) is 7.87. The summed E-state index contributed by atoms with van der Waals surface area (Å²) in [4.78, 5) is 13.7. The van der Waals surface area contributed by atoms with Crippen LogP contribution in [0.1, 0.15) is 16.7 Å². The van der Waals surface area contributed by atoms with E-state index in [-0.39, 0.29) is 18.1 Å². The molecule has 41 heavy (non-hydrogen) atoms. The first-order valence-corrected chi connectivity index (χ1v) is 14.2. The first-order chi connectivity index (χ1) is 19.8. The van der Waals surface area contributed by atoms with Crippen molar-refractivity contribution in [2.75, 3.05) is 39.9 Å². The summed E-state index contributed by atoms with van der Waals surface area (Å²) >= 11 is 0. The van der Waals surface area contributed by atoms with Gasteiger partial charge in [-0.15, -0.1) is 0 Å². The molecule has 1 aliphatic rings. The van der Waals surface area contributed by atoms with E-state index < -0.39 is 10.1 Å².